The van der Waals surface area contributed by atoms with Crippen LogP contribution in [0, 0.1) is 0 Å². The first kappa shape index (κ1) is 50.8. The first-order valence-corrected chi connectivity index (χ1v) is 30.0. The van der Waals surface area contributed by atoms with Crippen molar-refractivity contribution >= 4 is 98.9 Å². The predicted octanol–water partition coefficient (Wildman–Crippen LogP) is 22.3. The molecule has 0 spiro atoms. The SMILES string of the molecule is C(=Cc1ccc2ccc3cccnc3c2n1)c1ccc2c(-c3ccccc3)c3ccccc3c(-c3ccc(-c4ccc(-c5c6ccccc6c(-c6ccccc6)c6cc(-c7cccc(-c8ccc9ccc%10cccnc%10c9n8)c7)ccc56)cc4)cc3)c2c1. The topological polar surface area (TPSA) is 51.6 Å². The summed E-state index contributed by atoms with van der Waals surface area (Å²) >= 11 is 0. The highest BCUT2D eigenvalue weighted by Crippen LogP contribution is 2.47. The molecule has 0 aliphatic heterocycles. The van der Waals surface area contributed by atoms with E-state index in [1.165, 1.54) is 82.0 Å². The molecule has 0 unspecified atom stereocenters. The third-order valence-electron chi connectivity index (χ3n) is 17.7. The van der Waals surface area contributed by atoms with E-state index in [0.717, 1.165) is 93.9 Å². The van der Waals surface area contributed by atoms with Gasteiger partial charge in [0.05, 0.1) is 33.5 Å². The zero-order valence-corrected chi connectivity index (χ0v) is 47.8. The van der Waals surface area contributed by atoms with Gasteiger partial charge in [-0.25, -0.2) is 9.97 Å². The summed E-state index contributed by atoms with van der Waals surface area (Å²) in [6.45, 7) is 0. The molecule has 13 aromatic carbocycles. The molecular weight excluding hydrogens is 1060 g/mol. The van der Waals surface area contributed by atoms with Crippen LogP contribution in [0.5, 0.6) is 0 Å². The Hall–Kier alpha value is -11.7. The summed E-state index contributed by atoms with van der Waals surface area (Å²) in [4.78, 5) is 19.8. The highest BCUT2D eigenvalue weighted by atomic mass is 14.8. The smallest absolute Gasteiger partial charge is 0.0972 e. The lowest BCUT2D eigenvalue weighted by molar-refractivity contribution is 1.35. The average molecular weight is 1120 g/mol. The highest BCUT2D eigenvalue weighted by molar-refractivity contribution is 6.23. The fourth-order valence-corrected chi connectivity index (χ4v) is 13.5. The van der Waals surface area contributed by atoms with Gasteiger partial charge in [0.1, 0.15) is 0 Å². The number of hydrogen-bond acceptors (Lipinski definition) is 4. The summed E-state index contributed by atoms with van der Waals surface area (Å²) in [6.07, 6.45) is 7.99. The third kappa shape index (κ3) is 8.77. The van der Waals surface area contributed by atoms with Crippen molar-refractivity contribution in [1.82, 2.24) is 19.9 Å². The van der Waals surface area contributed by atoms with Crippen molar-refractivity contribution in [2.75, 3.05) is 0 Å². The number of fused-ring (bicyclic) bond motifs is 10. The number of pyridine rings is 4. The van der Waals surface area contributed by atoms with Crippen LogP contribution in [0.4, 0.5) is 0 Å². The van der Waals surface area contributed by atoms with Crippen LogP contribution in [0.25, 0.3) is 177 Å². The normalized spacial score (nSPS) is 11.8. The van der Waals surface area contributed by atoms with Crippen LogP contribution in [0.1, 0.15) is 11.3 Å². The van der Waals surface area contributed by atoms with E-state index < -0.39 is 0 Å². The number of benzene rings is 13. The maximum absolute atomic E-state index is 5.22. The second kappa shape index (κ2) is 21.1. The van der Waals surface area contributed by atoms with Gasteiger partial charge in [0, 0.05) is 39.5 Å². The number of rotatable bonds is 9. The molecule has 17 rings (SSSR count). The van der Waals surface area contributed by atoms with Crippen molar-refractivity contribution in [2.24, 2.45) is 0 Å². The summed E-state index contributed by atoms with van der Waals surface area (Å²) < 4.78 is 0. The molecular formula is C84H52N4. The van der Waals surface area contributed by atoms with Crippen molar-refractivity contribution < 1.29 is 0 Å². The molecule has 0 atom stereocenters. The monoisotopic (exact) mass is 1120 g/mol. The summed E-state index contributed by atoms with van der Waals surface area (Å²) in [5, 5.41) is 14.0. The number of hydrogen-bond donors (Lipinski definition) is 0. The molecule has 4 heteroatoms. The van der Waals surface area contributed by atoms with E-state index in [-0.39, 0.29) is 0 Å². The van der Waals surface area contributed by atoms with Gasteiger partial charge in [-0.1, -0.05) is 255 Å². The molecule has 0 aliphatic carbocycles. The van der Waals surface area contributed by atoms with E-state index in [2.05, 4.69) is 291 Å². The Bertz CT molecular complexity index is 5660. The van der Waals surface area contributed by atoms with Crippen LogP contribution in [-0.2, 0) is 0 Å². The van der Waals surface area contributed by atoms with Crippen LogP contribution in [0.3, 0.4) is 0 Å². The van der Waals surface area contributed by atoms with E-state index in [4.69, 9.17) is 19.9 Å². The average Bonchev–Trinajstić information content (AvgIpc) is 2.73. The molecule has 4 heterocycles. The van der Waals surface area contributed by atoms with Gasteiger partial charge in [0.15, 0.2) is 0 Å². The van der Waals surface area contributed by atoms with Gasteiger partial charge in [0.2, 0.25) is 0 Å². The van der Waals surface area contributed by atoms with E-state index in [0.29, 0.717) is 0 Å². The minimum Gasteiger partial charge on any atom is -0.254 e. The Morgan fingerprint density at radius 2 is 0.614 bits per heavy atom. The first-order valence-electron chi connectivity index (χ1n) is 30.0. The fraction of sp³-hybridized carbons (Fsp3) is 0. The maximum Gasteiger partial charge on any atom is 0.0972 e. The Morgan fingerprint density at radius 3 is 1.18 bits per heavy atom. The second-order valence-electron chi connectivity index (χ2n) is 22.8. The maximum atomic E-state index is 5.22. The molecule has 0 radical (unpaired) electrons. The summed E-state index contributed by atoms with van der Waals surface area (Å²) in [7, 11) is 0. The van der Waals surface area contributed by atoms with Gasteiger partial charge >= 0.3 is 0 Å². The van der Waals surface area contributed by atoms with Crippen molar-refractivity contribution in [2.45, 2.75) is 0 Å². The van der Waals surface area contributed by atoms with Crippen LogP contribution in [0.2, 0.25) is 0 Å². The summed E-state index contributed by atoms with van der Waals surface area (Å²) in [6, 6.07) is 106. The van der Waals surface area contributed by atoms with Gasteiger partial charge in [-0.3, -0.25) is 9.97 Å². The van der Waals surface area contributed by atoms with Gasteiger partial charge < -0.3 is 0 Å². The molecule has 0 saturated carbocycles. The zero-order valence-electron chi connectivity index (χ0n) is 47.8. The minimum absolute atomic E-state index is 0.886. The Balaban J connectivity index is 0.748. The largest absolute Gasteiger partial charge is 0.254 e. The van der Waals surface area contributed by atoms with Crippen LogP contribution in [0.15, 0.2) is 304 Å². The fourth-order valence-electron chi connectivity index (χ4n) is 13.5. The summed E-state index contributed by atoms with van der Waals surface area (Å²) in [5.74, 6) is 0. The lowest BCUT2D eigenvalue weighted by Crippen LogP contribution is -1.92. The van der Waals surface area contributed by atoms with Crippen molar-refractivity contribution in [3.63, 3.8) is 0 Å². The minimum atomic E-state index is 0.886. The van der Waals surface area contributed by atoms with E-state index in [1.807, 2.05) is 24.5 Å². The molecule has 0 N–H and O–H groups in total. The highest BCUT2D eigenvalue weighted by Gasteiger charge is 2.21. The first-order chi connectivity index (χ1) is 43.6. The molecule has 4 nitrogen and oxygen atoms in total. The molecule has 0 saturated heterocycles. The Morgan fingerprint density at radius 1 is 0.216 bits per heavy atom. The quantitative estimate of drug-likeness (QED) is 0.107. The number of nitrogens with zero attached hydrogens (tertiary/aromatic N) is 4. The molecule has 408 valence electrons. The second-order valence-corrected chi connectivity index (χ2v) is 22.8. The number of aromatic nitrogens is 4. The molecule has 4 aromatic heterocycles. The Kier molecular flexibility index (Phi) is 12.2. The molecule has 0 aliphatic rings. The zero-order chi connectivity index (χ0) is 58.1. The van der Waals surface area contributed by atoms with Gasteiger partial charge in [-0.15, -0.1) is 0 Å². The standard InChI is InChI=1S/C84H52N4/c1-3-14-56(15-4-1)77-68-22-7-10-25-71(68)80(74-50-53(27-45-72(74)77)26-43-67-44-40-62-38-36-60-20-12-48-85-81(60)83(62)87-67)59-34-30-55(31-35-59)54-28-32-58(33-29-54)78-69-23-8-9-24-70(69)79(57-16-5-2-6-17-57)75-52-65(41-46-73(75)78)64-18-11-19-66(51-64)76-47-42-63-39-37-61-21-13-49-86-82(61)84(63)88-76/h1-52H. The van der Waals surface area contributed by atoms with Gasteiger partial charge in [-0.05, 0) is 164 Å². The van der Waals surface area contributed by atoms with E-state index >= 15 is 0 Å². The molecule has 0 bridgehead atoms. The van der Waals surface area contributed by atoms with Crippen molar-refractivity contribution in [3.8, 4) is 78.0 Å². The van der Waals surface area contributed by atoms with Gasteiger partial charge in [-0.2, -0.15) is 0 Å². The van der Waals surface area contributed by atoms with E-state index in [1.54, 1.807) is 0 Å². The summed E-state index contributed by atoms with van der Waals surface area (Å²) in [5.41, 5.74) is 21.8. The molecule has 88 heavy (non-hydrogen) atoms. The lowest BCUT2D eigenvalue weighted by Gasteiger charge is -2.19. The van der Waals surface area contributed by atoms with Gasteiger partial charge in [0.25, 0.3) is 0 Å². The predicted molar refractivity (Wildman–Crippen MR) is 371 cm³/mol. The van der Waals surface area contributed by atoms with E-state index in [9.17, 15) is 0 Å². The van der Waals surface area contributed by atoms with Crippen LogP contribution >= 0.6 is 0 Å². The van der Waals surface area contributed by atoms with Crippen molar-refractivity contribution in [1.29, 1.82) is 0 Å². The lowest BCUT2D eigenvalue weighted by atomic mass is 9.84. The molecule has 0 amide bonds. The van der Waals surface area contributed by atoms with Crippen LogP contribution in [-0.4, -0.2) is 19.9 Å². The van der Waals surface area contributed by atoms with Crippen LogP contribution < -0.4 is 0 Å². The molecule has 17 aromatic rings. The third-order valence-corrected chi connectivity index (χ3v) is 17.7. The van der Waals surface area contributed by atoms with Crippen molar-refractivity contribution in [3.05, 3.63) is 315 Å². The molecule has 0 fully saturated rings. The Labute approximate surface area is 508 Å².